The molecular weight excluding hydrogens is 242 g/mol. The summed E-state index contributed by atoms with van der Waals surface area (Å²) in [5.41, 5.74) is 15.3. The van der Waals surface area contributed by atoms with Crippen LogP contribution in [-0.2, 0) is 9.59 Å². The van der Waals surface area contributed by atoms with E-state index in [2.05, 4.69) is 0 Å². The number of carbonyl (C=O) groups is 2. The third kappa shape index (κ3) is 11.3. The van der Waals surface area contributed by atoms with Crippen LogP contribution in [0.1, 0.15) is 26.2 Å². The largest absolute Gasteiger partial charge is 0.480 e. The Kier molecular flexibility index (Phi) is 11.6. The van der Waals surface area contributed by atoms with Crippen molar-refractivity contribution >= 4 is 11.9 Å². The van der Waals surface area contributed by atoms with Gasteiger partial charge in [-0.05, 0) is 26.3 Å². The molecule has 0 aliphatic carbocycles. The van der Waals surface area contributed by atoms with Gasteiger partial charge >= 0.3 is 11.9 Å². The van der Waals surface area contributed by atoms with E-state index in [1.165, 1.54) is 6.92 Å². The van der Waals surface area contributed by atoms with Crippen LogP contribution in [0, 0.1) is 0 Å². The van der Waals surface area contributed by atoms with Crippen LogP contribution >= 0.6 is 0 Å². The molecule has 0 aliphatic rings. The Morgan fingerprint density at radius 2 is 1.61 bits per heavy atom. The number of rotatable bonds is 7. The van der Waals surface area contributed by atoms with Crippen molar-refractivity contribution in [3.8, 4) is 0 Å². The highest BCUT2D eigenvalue weighted by molar-refractivity contribution is 5.73. The van der Waals surface area contributed by atoms with Gasteiger partial charge in [-0.15, -0.1) is 0 Å². The van der Waals surface area contributed by atoms with Gasteiger partial charge in [-0.2, -0.15) is 0 Å². The zero-order valence-electron chi connectivity index (χ0n) is 10.5. The van der Waals surface area contributed by atoms with Crippen LogP contribution in [0.4, 0.5) is 0 Å². The molecule has 0 saturated carbocycles. The van der Waals surface area contributed by atoms with Gasteiger partial charge in [0.1, 0.15) is 12.1 Å². The first-order chi connectivity index (χ1) is 8.23. The number of carboxylic acid groups (broad SMARTS) is 2. The van der Waals surface area contributed by atoms with Crippen LogP contribution in [-0.4, -0.2) is 52.0 Å². The van der Waals surface area contributed by atoms with E-state index in [9.17, 15) is 9.59 Å². The summed E-state index contributed by atoms with van der Waals surface area (Å²) in [4.78, 5) is 20.0. The van der Waals surface area contributed by atoms with Crippen molar-refractivity contribution in [2.75, 3.05) is 6.54 Å². The lowest BCUT2D eigenvalue weighted by Gasteiger charge is -2.06. The van der Waals surface area contributed by atoms with E-state index < -0.39 is 30.1 Å². The maximum Gasteiger partial charge on any atom is 0.323 e. The highest BCUT2D eigenvalue weighted by Crippen LogP contribution is 1.96. The smallest absolute Gasteiger partial charge is 0.323 e. The summed E-state index contributed by atoms with van der Waals surface area (Å²) in [7, 11) is 0. The van der Waals surface area contributed by atoms with E-state index in [0.29, 0.717) is 13.0 Å². The molecule has 0 aliphatic heterocycles. The maximum atomic E-state index is 10.1. The first-order valence-electron chi connectivity index (χ1n) is 5.58. The first-order valence-corrected chi connectivity index (χ1v) is 5.58. The van der Waals surface area contributed by atoms with Crippen LogP contribution in [0.3, 0.4) is 0 Å². The number of hydrogen-bond acceptors (Lipinski definition) is 6. The second kappa shape index (κ2) is 10.9. The minimum Gasteiger partial charge on any atom is -0.480 e. The lowest BCUT2D eigenvalue weighted by Crippen LogP contribution is -2.39. The molecule has 18 heavy (non-hydrogen) atoms. The number of carboxylic acids is 2. The summed E-state index contributed by atoms with van der Waals surface area (Å²) in [6, 6.07) is -1.87. The molecule has 0 saturated heterocycles. The Bertz CT molecular complexity index is 248. The number of unbranched alkanes of at least 4 members (excludes halogenated alkanes) is 1. The van der Waals surface area contributed by atoms with Crippen LogP contribution < -0.4 is 17.2 Å². The van der Waals surface area contributed by atoms with Crippen molar-refractivity contribution in [1.29, 1.82) is 0 Å². The third-order valence-corrected chi connectivity index (χ3v) is 2.09. The highest BCUT2D eigenvalue weighted by Gasteiger charge is 2.16. The molecule has 0 spiro atoms. The number of nitrogens with two attached hydrogens (primary N) is 3. The summed E-state index contributed by atoms with van der Waals surface area (Å²) in [6.45, 7) is 1.94. The Morgan fingerprint density at radius 3 is 1.83 bits per heavy atom. The number of aliphatic hydroxyl groups excluding tert-OH is 1. The van der Waals surface area contributed by atoms with Crippen molar-refractivity contribution < 1.29 is 24.9 Å². The van der Waals surface area contributed by atoms with Gasteiger partial charge in [0.25, 0.3) is 0 Å². The monoisotopic (exact) mass is 265 g/mol. The van der Waals surface area contributed by atoms with Gasteiger partial charge < -0.3 is 32.5 Å². The second-order valence-electron chi connectivity index (χ2n) is 3.83. The fourth-order valence-corrected chi connectivity index (χ4v) is 0.838. The predicted octanol–water partition coefficient (Wildman–Crippen LogP) is -1.69. The molecule has 8 heteroatoms. The topological polar surface area (TPSA) is 173 Å². The summed E-state index contributed by atoms with van der Waals surface area (Å²) in [5, 5.41) is 24.9. The van der Waals surface area contributed by atoms with Gasteiger partial charge in [0.15, 0.2) is 0 Å². The number of aliphatic hydroxyl groups is 1. The maximum absolute atomic E-state index is 10.1. The predicted molar refractivity (Wildman–Crippen MR) is 65.8 cm³/mol. The first kappa shape index (κ1) is 19.1. The van der Waals surface area contributed by atoms with Crippen molar-refractivity contribution in [2.45, 2.75) is 44.4 Å². The lowest BCUT2D eigenvalue weighted by molar-refractivity contribution is -0.141. The number of hydrogen-bond donors (Lipinski definition) is 6. The average Bonchev–Trinajstić information content (AvgIpc) is 2.28. The van der Waals surface area contributed by atoms with E-state index in [-0.39, 0.29) is 0 Å². The van der Waals surface area contributed by atoms with E-state index >= 15 is 0 Å². The average molecular weight is 265 g/mol. The molecule has 0 aromatic rings. The second-order valence-corrected chi connectivity index (χ2v) is 3.83. The SMILES string of the molecule is C[C@@H](O)[C@H](N)C(=O)O.NCCCC[C@H](N)C(=O)O. The molecule has 0 heterocycles. The summed E-state index contributed by atoms with van der Waals surface area (Å²) in [5.74, 6) is -2.11. The molecule has 0 aromatic carbocycles. The van der Waals surface area contributed by atoms with Gasteiger partial charge in [0.2, 0.25) is 0 Å². The van der Waals surface area contributed by atoms with Crippen molar-refractivity contribution in [2.24, 2.45) is 17.2 Å². The van der Waals surface area contributed by atoms with E-state index in [0.717, 1.165) is 12.8 Å². The molecule has 9 N–H and O–H groups in total. The summed E-state index contributed by atoms with van der Waals surface area (Å²) >= 11 is 0. The minimum atomic E-state index is -1.18. The molecule has 0 unspecified atom stereocenters. The van der Waals surface area contributed by atoms with Gasteiger partial charge in [-0.25, -0.2) is 0 Å². The molecule has 0 rings (SSSR count). The summed E-state index contributed by atoms with van der Waals surface area (Å²) in [6.07, 6.45) is 1.18. The standard InChI is InChI=1S/C6H14N2O2.C4H9NO3/c7-4-2-1-3-5(8)6(9)10;1-2(6)3(5)4(7)8/h5H,1-4,7-8H2,(H,9,10);2-3,6H,5H2,1H3,(H,7,8)/t5-;2-,3+/m01/s1. The van der Waals surface area contributed by atoms with Crippen molar-refractivity contribution in [3.05, 3.63) is 0 Å². The quantitative estimate of drug-likeness (QED) is 0.295. The zero-order chi connectivity index (χ0) is 14.7. The van der Waals surface area contributed by atoms with E-state index in [1.807, 2.05) is 0 Å². The fourth-order valence-electron chi connectivity index (χ4n) is 0.838. The van der Waals surface area contributed by atoms with Crippen LogP contribution in [0.2, 0.25) is 0 Å². The fraction of sp³-hybridized carbons (Fsp3) is 0.800. The lowest BCUT2D eigenvalue weighted by atomic mass is 10.1. The van der Waals surface area contributed by atoms with E-state index in [4.69, 9.17) is 32.5 Å². The van der Waals surface area contributed by atoms with Gasteiger partial charge in [-0.3, -0.25) is 9.59 Å². The van der Waals surface area contributed by atoms with Crippen molar-refractivity contribution in [1.82, 2.24) is 0 Å². The van der Waals surface area contributed by atoms with Crippen LogP contribution in [0.25, 0.3) is 0 Å². The molecule has 0 radical (unpaired) electrons. The van der Waals surface area contributed by atoms with E-state index in [1.54, 1.807) is 0 Å². The van der Waals surface area contributed by atoms with Gasteiger partial charge in [0.05, 0.1) is 6.10 Å². The highest BCUT2D eigenvalue weighted by atomic mass is 16.4. The molecule has 0 bridgehead atoms. The normalized spacial score (nSPS) is 14.9. The van der Waals surface area contributed by atoms with Crippen LogP contribution in [0.15, 0.2) is 0 Å². The van der Waals surface area contributed by atoms with Crippen molar-refractivity contribution in [3.63, 3.8) is 0 Å². The zero-order valence-corrected chi connectivity index (χ0v) is 10.5. The molecule has 3 atom stereocenters. The molecule has 0 fully saturated rings. The number of aliphatic carboxylic acids is 2. The Balaban J connectivity index is 0. The van der Waals surface area contributed by atoms with Crippen LogP contribution in [0.5, 0.6) is 0 Å². The Morgan fingerprint density at radius 1 is 1.11 bits per heavy atom. The molecule has 108 valence electrons. The molecular formula is C10H23N3O5. The van der Waals surface area contributed by atoms with Gasteiger partial charge in [0, 0.05) is 0 Å². The summed E-state index contributed by atoms with van der Waals surface area (Å²) < 4.78 is 0. The van der Waals surface area contributed by atoms with Gasteiger partial charge in [-0.1, -0.05) is 6.42 Å². The minimum absolute atomic E-state index is 0.520. The Hall–Kier alpha value is -1.22. The molecule has 0 amide bonds. The Labute approximate surface area is 106 Å². The molecule has 8 nitrogen and oxygen atoms in total. The molecule has 0 aromatic heterocycles. The third-order valence-electron chi connectivity index (χ3n) is 2.09.